The van der Waals surface area contributed by atoms with Crippen LogP contribution in [0.15, 0.2) is 83.3 Å². The Balaban J connectivity index is 2.00. The van der Waals surface area contributed by atoms with Gasteiger partial charge in [-0.25, -0.2) is 9.18 Å². The predicted molar refractivity (Wildman–Crippen MR) is 108 cm³/mol. The molecule has 3 nitrogen and oxygen atoms in total. The summed E-state index contributed by atoms with van der Waals surface area (Å²) in [5, 5.41) is 9.45. The van der Waals surface area contributed by atoms with Gasteiger partial charge in [0.1, 0.15) is 6.07 Å². The van der Waals surface area contributed by atoms with Gasteiger partial charge in [0, 0.05) is 15.6 Å². The van der Waals surface area contributed by atoms with Crippen molar-refractivity contribution in [3.05, 3.63) is 106 Å². The van der Waals surface area contributed by atoms with E-state index in [1.165, 1.54) is 18.2 Å². The number of benzene rings is 3. The standard InChI is InChI=1S/C23H17BrFNO2/c1-16-11-13-18(14-12-16)23(25,15-26)22(27)28-21(17-7-3-2-4-8-17)19-9-5-6-10-20(19)24/h2-14,21H,1H3/t21-,23+/m0/s1. The van der Waals surface area contributed by atoms with Crippen LogP contribution in [0.3, 0.4) is 0 Å². The summed E-state index contributed by atoms with van der Waals surface area (Å²) in [6, 6.07) is 23.9. The molecule has 2 atom stereocenters. The highest BCUT2D eigenvalue weighted by Crippen LogP contribution is 2.35. The number of nitrogens with zero attached hydrogens (tertiary/aromatic N) is 1. The molecule has 5 heteroatoms. The Bertz CT molecular complexity index is 1010. The van der Waals surface area contributed by atoms with E-state index in [9.17, 15) is 10.1 Å². The van der Waals surface area contributed by atoms with Crippen LogP contribution < -0.4 is 0 Å². The maximum absolute atomic E-state index is 15.4. The van der Waals surface area contributed by atoms with Gasteiger partial charge in [0.25, 0.3) is 0 Å². The van der Waals surface area contributed by atoms with Crippen LogP contribution in [0, 0.1) is 18.3 Å². The molecule has 0 N–H and O–H groups in total. The highest BCUT2D eigenvalue weighted by molar-refractivity contribution is 9.10. The molecule has 3 rings (SSSR count). The normalized spacial score (nSPS) is 13.8. The minimum atomic E-state index is -2.90. The molecule has 0 unspecified atom stereocenters. The third kappa shape index (κ3) is 3.97. The zero-order valence-electron chi connectivity index (χ0n) is 15.1. The number of esters is 1. The van der Waals surface area contributed by atoms with Crippen molar-refractivity contribution >= 4 is 21.9 Å². The van der Waals surface area contributed by atoms with Gasteiger partial charge in [0.15, 0.2) is 6.10 Å². The lowest BCUT2D eigenvalue weighted by molar-refractivity contribution is -0.158. The van der Waals surface area contributed by atoms with E-state index < -0.39 is 17.7 Å². The molecule has 0 bridgehead atoms. The number of carbonyl (C=O) groups is 1. The molecule has 0 heterocycles. The fraction of sp³-hybridized carbons (Fsp3) is 0.130. The molecule has 3 aromatic rings. The molecule has 0 fully saturated rings. The van der Waals surface area contributed by atoms with Gasteiger partial charge in [-0.2, -0.15) is 5.26 Å². The monoisotopic (exact) mass is 437 g/mol. The number of halogens is 2. The largest absolute Gasteiger partial charge is 0.449 e. The zero-order chi connectivity index (χ0) is 20.1. The topological polar surface area (TPSA) is 50.1 Å². The number of carbonyl (C=O) groups excluding carboxylic acids is 1. The predicted octanol–water partition coefficient (Wildman–Crippen LogP) is 5.78. The molecule has 0 amide bonds. The Hall–Kier alpha value is -2.97. The van der Waals surface area contributed by atoms with Crippen LogP contribution in [0.4, 0.5) is 4.39 Å². The Morgan fingerprint density at radius 2 is 1.64 bits per heavy atom. The van der Waals surface area contributed by atoms with Crippen LogP contribution in [0.1, 0.15) is 28.4 Å². The van der Waals surface area contributed by atoms with Gasteiger partial charge < -0.3 is 4.74 Å². The molecule has 0 saturated carbocycles. The quantitative estimate of drug-likeness (QED) is 0.475. The minimum absolute atomic E-state index is 0.0514. The third-order valence-electron chi connectivity index (χ3n) is 4.40. The number of hydrogen-bond donors (Lipinski definition) is 0. The second-order valence-electron chi connectivity index (χ2n) is 6.35. The van der Waals surface area contributed by atoms with Crippen LogP contribution in [0.2, 0.25) is 0 Å². The first-order chi connectivity index (χ1) is 13.5. The van der Waals surface area contributed by atoms with Crippen molar-refractivity contribution in [3.8, 4) is 6.07 Å². The first kappa shape index (κ1) is 19.8. The molecular formula is C23H17BrFNO2. The molecule has 0 spiro atoms. The summed E-state index contributed by atoms with van der Waals surface area (Å²) in [5.41, 5.74) is -0.724. The maximum atomic E-state index is 15.4. The van der Waals surface area contributed by atoms with Gasteiger partial charge >= 0.3 is 11.6 Å². The minimum Gasteiger partial charge on any atom is -0.449 e. The Morgan fingerprint density at radius 1 is 1.04 bits per heavy atom. The average Bonchev–Trinajstić information content (AvgIpc) is 2.73. The van der Waals surface area contributed by atoms with Crippen LogP contribution in [0.5, 0.6) is 0 Å². The smallest absolute Gasteiger partial charge is 0.364 e. The summed E-state index contributed by atoms with van der Waals surface area (Å²) in [4.78, 5) is 12.8. The van der Waals surface area contributed by atoms with E-state index >= 15 is 4.39 Å². The molecule has 0 aliphatic heterocycles. The Kier molecular flexibility index (Phi) is 5.91. The van der Waals surface area contributed by atoms with Crippen molar-refractivity contribution < 1.29 is 13.9 Å². The molecule has 3 aromatic carbocycles. The highest BCUT2D eigenvalue weighted by Gasteiger charge is 2.44. The summed E-state index contributed by atoms with van der Waals surface area (Å²) in [7, 11) is 0. The molecule has 0 aliphatic rings. The van der Waals surface area contributed by atoms with E-state index in [-0.39, 0.29) is 5.56 Å². The second-order valence-corrected chi connectivity index (χ2v) is 7.21. The van der Waals surface area contributed by atoms with Crippen molar-refractivity contribution in [2.45, 2.75) is 18.7 Å². The van der Waals surface area contributed by atoms with Crippen LogP contribution in [-0.2, 0) is 15.2 Å². The van der Waals surface area contributed by atoms with Gasteiger partial charge in [-0.15, -0.1) is 0 Å². The molecule has 0 radical (unpaired) electrons. The summed E-state index contributed by atoms with van der Waals surface area (Å²) in [6.45, 7) is 1.84. The van der Waals surface area contributed by atoms with E-state index in [1.807, 2.05) is 25.1 Å². The lowest BCUT2D eigenvalue weighted by atomic mass is 9.95. The van der Waals surface area contributed by atoms with Crippen molar-refractivity contribution in [1.82, 2.24) is 0 Å². The molecule has 0 saturated heterocycles. The molecule has 28 heavy (non-hydrogen) atoms. The summed E-state index contributed by atoms with van der Waals surface area (Å²) in [5.74, 6) is -1.25. The van der Waals surface area contributed by atoms with Crippen molar-refractivity contribution in [1.29, 1.82) is 5.26 Å². The Labute approximate surface area is 171 Å². The lowest BCUT2D eigenvalue weighted by Crippen LogP contribution is -2.33. The zero-order valence-corrected chi connectivity index (χ0v) is 16.7. The van der Waals surface area contributed by atoms with Crippen molar-refractivity contribution in [2.75, 3.05) is 0 Å². The maximum Gasteiger partial charge on any atom is 0.364 e. The number of rotatable bonds is 5. The number of ether oxygens (including phenoxy) is 1. The van der Waals surface area contributed by atoms with E-state index in [1.54, 1.807) is 48.5 Å². The van der Waals surface area contributed by atoms with Crippen molar-refractivity contribution in [3.63, 3.8) is 0 Å². The number of nitriles is 1. The van der Waals surface area contributed by atoms with Crippen LogP contribution >= 0.6 is 15.9 Å². The number of alkyl halides is 1. The average molecular weight is 438 g/mol. The summed E-state index contributed by atoms with van der Waals surface area (Å²) >= 11 is 3.45. The first-order valence-corrected chi connectivity index (χ1v) is 9.43. The molecule has 0 aliphatic carbocycles. The fourth-order valence-corrected chi connectivity index (χ4v) is 3.32. The van der Waals surface area contributed by atoms with Gasteiger partial charge in [-0.05, 0) is 18.6 Å². The second kappa shape index (κ2) is 8.37. The molecular weight excluding hydrogens is 421 g/mol. The molecule has 140 valence electrons. The first-order valence-electron chi connectivity index (χ1n) is 8.63. The SMILES string of the molecule is Cc1ccc([C@](F)(C#N)C(=O)O[C@@H](c2ccccc2)c2ccccc2Br)cc1. The van der Waals surface area contributed by atoms with Gasteiger partial charge in [0.05, 0.1) is 0 Å². The number of hydrogen-bond acceptors (Lipinski definition) is 3. The van der Waals surface area contributed by atoms with Crippen molar-refractivity contribution in [2.24, 2.45) is 0 Å². The Morgan fingerprint density at radius 3 is 2.25 bits per heavy atom. The molecule has 0 aromatic heterocycles. The van der Waals surface area contributed by atoms with Gasteiger partial charge in [-0.1, -0.05) is 94.3 Å². The highest BCUT2D eigenvalue weighted by atomic mass is 79.9. The van der Waals surface area contributed by atoms with E-state index in [0.29, 0.717) is 15.6 Å². The number of aryl methyl sites for hydroxylation is 1. The van der Waals surface area contributed by atoms with Gasteiger partial charge in [0.2, 0.25) is 0 Å². The third-order valence-corrected chi connectivity index (χ3v) is 5.12. The lowest BCUT2D eigenvalue weighted by Gasteiger charge is -2.24. The van der Waals surface area contributed by atoms with Crippen LogP contribution in [-0.4, -0.2) is 5.97 Å². The summed E-state index contributed by atoms with van der Waals surface area (Å²) < 4.78 is 21.7. The fourth-order valence-electron chi connectivity index (χ4n) is 2.83. The summed E-state index contributed by atoms with van der Waals surface area (Å²) in [6.07, 6.45) is -0.863. The van der Waals surface area contributed by atoms with E-state index in [2.05, 4.69) is 15.9 Å². The van der Waals surface area contributed by atoms with Gasteiger partial charge in [-0.3, -0.25) is 0 Å². The van der Waals surface area contributed by atoms with E-state index in [0.717, 1.165) is 5.56 Å². The van der Waals surface area contributed by atoms with E-state index in [4.69, 9.17) is 4.74 Å². The van der Waals surface area contributed by atoms with Crippen LogP contribution in [0.25, 0.3) is 0 Å².